The Hall–Kier alpha value is -2.33. The second-order valence-corrected chi connectivity index (χ2v) is 6.14. The van der Waals surface area contributed by atoms with E-state index in [-0.39, 0.29) is 17.4 Å². The Kier molecular flexibility index (Phi) is 7.02. The van der Waals surface area contributed by atoms with Crippen molar-refractivity contribution in [3.05, 3.63) is 65.2 Å². The number of phenols is 1. The Morgan fingerprint density at radius 2 is 1.76 bits per heavy atom. The summed E-state index contributed by atoms with van der Waals surface area (Å²) in [5.41, 5.74) is 2.02. The normalized spacial score (nSPS) is 12.2. The van der Waals surface area contributed by atoms with Crippen molar-refractivity contribution >= 4 is 5.97 Å². The number of hydrogen-bond acceptors (Lipinski definition) is 4. The van der Waals surface area contributed by atoms with Gasteiger partial charge in [0, 0.05) is 12.5 Å². The van der Waals surface area contributed by atoms with Crippen molar-refractivity contribution < 1.29 is 14.6 Å². The van der Waals surface area contributed by atoms with Crippen LogP contribution in [0, 0.1) is 0 Å². The van der Waals surface area contributed by atoms with Crippen molar-refractivity contribution in [2.24, 2.45) is 0 Å². The predicted molar refractivity (Wildman–Crippen MR) is 100 cm³/mol. The highest BCUT2D eigenvalue weighted by Gasteiger charge is 2.18. The van der Waals surface area contributed by atoms with Gasteiger partial charge in [-0.15, -0.1) is 0 Å². The highest BCUT2D eigenvalue weighted by atomic mass is 16.5. The Morgan fingerprint density at radius 3 is 2.40 bits per heavy atom. The molecule has 0 amide bonds. The lowest BCUT2D eigenvalue weighted by molar-refractivity contribution is 0.0378. The lowest BCUT2D eigenvalue weighted by atomic mass is 10.0. The Bertz CT molecular complexity index is 681. The van der Waals surface area contributed by atoms with Gasteiger partial charge in [-0.25, -0.2) is 4.79 Å². The number of para-hydroxylation sites is 1. The highest BCUT2D eigenvalue weighted by molar-refractivity contribution is 5.92. The van der Waals surface area contributed by atoms with E-state index in [4.69, 9.17) is 4.74 Å². The van der Waals surface area contributed by atoms with Crippen LogP contribution in [0.2, 0.25) is 0 Å². The molecule has 0 saturated carbocycles. The van der Waals surface area contributed by atoms with E-state index in [1.807, 2.05) is 43.3 Å². The molecule has 4 nitrogen and oxygen atoms in total. The third-order valence-corrected chi connectivity index (χ3v) is 4.47. The van der Waals surface area contributed by atoms with E-state index >= 15 is 0 Å². The maximum atomic E-state index is 12.4. The van der Waals surface area contributed by atoms with Crippen LogP contribution in [0.3, 0.4) is 0 Å². The molecule has 0 radical (unpaired) electrons. The van der Waals surface area contributed by atoms with E-state index < -0.39 is 5.97 Å². The first-order valence-corrected chi connectivity index (χ1v) is 8.82. The Morgan fingerprint density at radius 1 is 1.08 bits per heavy atom. The van der Waals surface area contributed by atoms with Gasteiger partial charge >= 0.3 is 5.97 Å². The van der Waals surface area contributed by atoms with Crippen LogP contribution in [-0.2, 0) is 11.2 Å². The molecule has 0 spiro atoms. The monoisotopic (exact) mass is 341 g/mol. The van der Waals surface area contributed by atoms with Gasteiger partial charge in [0.25, 0.3) is 0 Å². The van der Waals surface area contributed by atoms with Crippen LogP contribution in [0.25, 0.3) is 0 Å². The number of nitrogens with zero attached hydrogens (tertiary/aromatic N) is 1. The minimum Gasteiger partial charge on any atom is -0.507 e. The highest BCUT2D eigenvalue weighted by Crippen LogP contribution is 2.25. The first kappa shape index (κ1) is 19.0. The fraction of sp³-hybridized carbons (Fsp3) is 0.381. The number of esters is 1. The summed E-state index contributed by atoms with van der Waals surface area (Å²) < 4.78 is 5.42. The molecule has 2 rings (SSSR count). The van der Waals surface area contributed by atoms with E-state index in [9.17, 15) is 9.90 Å². The molecule has 0 aromatic heterocycles. The van der Waals surface area contributed by atoms with Gasteiger partial charge in [0.15, 0.2) is 0 Å². The number of carbonyl (C=O) groups excluding carboxylic acids is 1. The summed E-state index contributed by atoms with van der Waals surface area (Å²) in [7, 11) is 0. The lowest BCUT2D eigenvalue weighted by Gasteiger charge is -2.25. The molecule has 0 aliphatic rings. The van der Waals surface area contributed by atoms with Crippen molar-refractivity contribution in [3.8, 4) is 5.75 Å². The quantitative estimate of drug-likeness (QED) is 0.741. The van der Waals surface area contributed by atoms with Crippen molar-refractivity contribution in [3.63, 3.8) is 0 Å². The molecule has 0 bridgehead atoms. The van der Waals surface area contributed by atoms with Gasteiger partial charge < -0.3 is 9.84 Å². The molecular weight excluding hydrogens is 314 g/mol. The molecule has 134 valence electrons. The average Bonchev–Trinajstić information content (AvgIpc) is 2.63. The van der Waals surface area contributed by atoms with Crippen LogP contribution in [-0.4, -0.2) is 41.7 Å². The molecule has 25 heavy (non-hydrogen) atoms. The van der Waals surface area contributed by atoms with Gasteiger partial charge in [-0.1, -0.05) is 56.3 Å². The first-order valence-electron chi connectivity index (χ1n) is 8.82. The predicted octanol–water partition coefficient (Wildman–Crippen LogP) is 3.87. The number of carbonyl (C=O) groups is 1. The van der Waals surface area contributed by atoms with E-state index in [0.29, 0.717) is 13.0 Å². The lowest BCUT2D eigenvalue weighted by Crippen LogP contribution is -2.36. The SMILES string of the molecule is CCN(CC)C(C)COC(=O)c1cccc(Cc2ccccc2)c1O. The average molecular weight is 341 g/mol. The van der Waals surface area contributed by atoms with E-state index in [1.54, 1.807) is 12.1 Å². The van der Waals surface area contributed by atoms with Gasteiger partial charge in [-0.2, -0.15) is 0 Å². The van der Waals surface area contributed by atoms with Gasteiger partial charge in [0.05, 0.1) is 0 Å². The Balaban J connectivity index is 2.06. The van der Waals surface area contributed by atoms with E-state index in [1.165, 1.54) is 0 Å². The van der Waals surface area contributed by atoms with Crippen LogP contribution in [0.5, 0.6) is 5.75 Å². The summed E-state index contributed by atoms with van der Waals surface area (Å²) in [4.78, 5) is 14.6. The molecule has 1 atom stereocenters. The summed E-state index contributed by atoms with van der Waals surface area (Å²) in [6.45, 7) is 8.33. The summed E-state index contributed by atoms with van der Waals surface area (Å²) in [5, 5.41) is 10.5. The summed E-state index contributed by atoms with van der Waals surface area (Å²) in [6.07, 6.45) is 0.573. The van der Waals surface area contributed by atoms with Crippen LogP contribution in [0.4, 0.5) is 0 Å². The fourth-order valence-corrected chi connectivity index (χ4v) is 2.94. The van der Waals surface area contributed by atoms with E-state index in [0.717, 1.165) is 24.2 Å². The van der Waals surface area contributed by atoms with Gasteiger partial charge in [0.1, 0.15) is 17.9 Å². The molecule has 1 N–H and O–H groups in total. The van der Waals surface area contributed by atoms with Crippen LogP contribution in [0.15, 0.2) is 48.5 Å². The van der Waals surface area contributed by atoms with Crippen LogP contribution in [0.1, 0.15) is 42.3 Å². The van der Waals surface area contributed by atoms with Crippen molar-refractivity contribution in [2.45, 2.75) is 33.2 Å². The summed E-state index contributed by atoms with van der Waals surface area (Å²) >= 11 is 0. The molecule has 0 aliphatic heterocycles. The first-order chi connectivity index (χ1) is 12.1. The van der Waals surface area contributed by atoms with Crippen molar-refractivity contribution in [1.82, 2.24) is 4.90 Å². The number of aromatic hydroxyl groups is 1. The topological polar surface area (TPSA) is 49.8 Å². The zero-order chi connectivity index (χ0) is 18.2. The largest absolute Gasteiger partial charge is 0.507 e. The van der Waals surface area contributed by atoms with Gasteiger partial charge in [-0.3, -0.25) is 4.90 Å². The Labute approximate surface area is 150 Å². The molecular formula is C21H27NO3. The molecule has 4 heteroatoms. The van der Waals surface area contributed by atoms with E-state index in [2.05, 4.69) is 18.7 Å². The standard InChI is InChI=1S/C21H27NO3/c1-4-22(5-2)16(3)15-25-21(24)19-13-9-12-18(20(19)23)14-17-10-7-6-8-11-17/h6-13,16,23H,4-5,14-15H2,1-3H3. The zero-order valence-electron chi connectivity index (χ0n) is 15.2. The number of rotatable bonds is 8. The molecule has 0 fully saturated rings. The molecule has 0 saturated heterocycles. The fourth-order valence-electron chi connectivity index (χ4n) is 2.94. The number of benzene rings is 2. The molecule has 2 aromatic rings. The second kappa shape index (κ2) is 9.23. The van der Waals surface area contributed by atoms with Crippen LogP contribution < -0.4 is 0 Å². The maximum absolute atomic E-state index is 12.4. The number of ether oxygens (including phenoxy) is 1. The summed E-state index contributed by atoms with van der Waals surface area (Å²) in [5.74, 6) is -0.474. The maximum Gasteiger partial charge on any atom is 0.341 e. The molecule has 0 aliphatic carbocycles. The molecule has 1 unspecified atom stereocenters. The molecule has 2 aromatic carbocycles. The minimum atomic E-state index is -0.480. The van der Waals surface area contributed by atoms with Crippen molar-refractivity contribution in [1.29, 1.82) is 0 Å². The smallest absolute Gasteiger partial charge is 0.341 e. The van der Waals surface area contributed by atoms with Crippen molar-refractivity contribution in [2.75, 3.05) is 19.7 Å². The third-order valence-electron chi connectivity index (χ3n) is 4.47. The molecule has 0 heterocycles. The minimum absolute atomic E-state index is 0.00634. The second-order valence-electron chi connectivity index (χ2n) is 6.14. The number of phenolic OH excluding ortho intramolecular Hbond substituents is 1. The van der Waals surface area contributed by atoms with Crippen LogP contribution >= 0.6 is 0 Å². The van der Waals surface area contributed by atoms with Gasteiger partial charge in [-0.05, 0) is 37.2 Å². The summed E-state index contributed by atoms with van der Waals surface area (Å²) in [6, 6.07) is 15.2. The number of likely N-dealkylation sites (N-methyl/N-ethyl adjacent to an activating group) is 1. The number of hydrogen-bond donors (Lipinski definition) is 1. The third kappa shape index (κ3) is 5.07. The van der Waals surface area contributed by atoms with Gasteiger partial charge in [0.2, 0.25) is 0 Å². The zero-order valence-corrected chi connectivity index (χ0v) is 15.2.